The third-order valence-corrected chi connectivity index (χ3v) is 3.64. The Morgan fingerprint density at radius 2 is 2.13 bits per heavy atom. The van der Waals surface area contributed by atoms with Crippen molar-refractivity contribution in [2.24, 2.45) is 0 Å². The first-order chi connectivity index (χ1) is 6.96. The van der Waals surface area contributed by atoms with Crippen LogP contribution in [0, 0.1) is 6.92 Å². The number of hydrogen-bond donors (Lipinski definition) is 1. The van der Waals surface area contributed by atoms with Crippen molar-refractivity contribution in [1.82, 2.24) is 4.98 Å². The summed E-state index contributed by atoms with van der Waals surface area (Å²) in [4.78, 5) is 4.06. The zero-order chi connectivity index (χ0) is 11.1. The minimum Gasteiger partial charge on any atom is -0.275 e. The highest BCUT2D eigenvalue weighted by Crippen LogP contribution is 2.31. The van der Waals surface area contributed by atoms with Gasteiger partial charge < -0.3 is 0 Å². The van der Waals surface area contributed by atoms with E-state index >= 15 is 0 Å². The number of fused-ring (bicyclic) bond motifs is 1. The number of thiophene rings is 1. The summed E-state index contributed by atoms with van der Waals surface area (Å²) in [7, 11) is -3.20. The molecule has 0 amide bonds. The molecule has 0 radical (unpaired) electrons. The van der Waals surface area contributed by atoms with Crippen LogP contribution >= 0.6 is 11.3 Å². The Kier molecular flexibility index (Phi) is 2.40. The summed E-state index contributed by atoms with van der Waals surface area (Å²) in [5.74, 6) is 0. The monoisotopic (exact) mass is 242 g/mol. The van der Waals surface area contributed by atoms with E-state index in [0.29, 0.717) is 5.00 Å². The Bertz CT molecular complexity index is 602. The molecule has 4 nitrogen and oxygen atoms in total. The molecule has 0 aliphatic carbocycles. The van der Waals surface area contributed by atoms with Crippen molar-refractivity contribution in [1.29, 1.82) is 0 Å². The summed E-state index contributed by atoms with van der Waals surface area (Å²) >= 11 is 1.39. The van der Waals surface area contributed by atoms with Gasteiger partial charge in [-0.1, -0.05) is 0 Å². The topological polar surface area (TPSA) is 59.1 Å². The van der Waals surface area contributed by atoms with Crippen molar-refractivity contribution in [2.75, 3.05) is 11.0 Å². The quantitative estimate of drug-likeness (QED) is 0.876. The van der Waals surface area contributed by atoms with Crippen molar-refractivity contribution >= 4 is 36.4 Å². The van der Waals surface area contributed by atoms with Crippen molar-refractivity contribution in [3.05, 3.63) is 24.0 Å². The van der Waals surface area contributed by atoms with Gasteiger partial charge in [0, 0.05) is 17.8 Å². The largest absolute Gasteiger partial charge is 0.275 e. The van der Waals surface area contributed by atoms with E-state index in [1.165, 1.54) is 11.3 Å². The molecule has 0 unspecified atom stereocenters. The highest BCUT2D eigenvalue weighted by Gasteiger charge is 2.07. The number of hydrogen-bond acceptors (Lipinski definition) is 4. The maximum absolute atomic E-state index is 11.0. The van der Waals surface area contributed by atoms with E-state index in [1.54, 1.807) is 12.4 Å². The molecule has 0 spiro atoms. The van der Waals surface area contributed by atoms with Gasteiger partial charge in [-0.2, -0.15) is 0 Å². The molecule has 0 saturated heterocycles. The van der Waals surface area contributed by atoms with E-state index in [4.69, 9.17) is 0 Å². The van der Waals surface area contributed by atoms with Gasteiger partial charge in [0.25, 0.3) is 0 Å². The zero-order valence-corrected chi connectivity index (χ0v) is 9.95. The van der Waals surface area contributed by atoms with E-state index in [1.807, 2.05) is 13.0 Å². The van der Waals surface area contributed by atoms with Crippen LogP contribution in [-0.4, -0.2) is 19.7 Å². The fraction of sp³-hybridized carbons (Fsp3) is 0.222. The van der Waals surface area contributed by atoms with Crippen LogP contribution < -0.4 is 4.72 Å². The fourth-order valence-electron chi connectivity index (χ4n) is 1.33. The number of sulfonamides is 1. The summed E-state index contributed by atoms with van der Waals surface area (Å²) in [6.45, 7) is 1.95. The van der Waals surface area contributed by atoms with Crippen LogP contribution in [-0.2, 0) is 10.0 Å². The molecule has 2 aromatic heterocycles. The lowest BCUT2D eigenvalue weighted by atomic mass is 10.2. The molecular formula is C9H10N2O2S2. The molecule has 0 atom stereocenters. The van der Waals surface area contributed by atoms with Crippen LogP contribution in [0.4, 0.5) is 5.00 Å². The highest BCUT2D eigenvalue weighted by atomic mass is 32.2. The SMILES string of the molecule is Cc1cncc2sc(NS(C)(=O)=O)cc12. The zero-order valence-electron chi connectivity index (χ0n) is 8.31. The van der Waals surface area contributed by atoms with Gasteiger partial charge in [-0.15, -0.1) is 11.3 Å². The molecule has 2 aromatic rings. The molecule has 0 bridgehead atoms. The summed E-state index contributed by atoms with van der Waals surface area (Å²) in [5, 5.41) is 1.67. The maximum Gasteiger partial charge on any atom is 0.230 e. The standard InChI is InChI=1S/C9H10N2O2S2/c1-6-4-10-5-8-7(6)3-9(14-8)11-15(2,12)13/h3-5,11H,1-2H3. The minimum atomic E-state index is -3.20. The minimum absolute atomic E-state index is 0.628. The number of aromatic nitrogens is 1. The third kappa shape index (κ3) is 2.27. The van der Waals surface area contributed by atoms with Gasteiger partial charge in [0.1, 0.15) is 5.00 Å². The summed E-state index contributed by atoms with van der Waals surface area (Å²) < 4.78 is 25.5. The molecule has 0 aliphatic rings. The Labute approximate surface area is 92.0 Å². The van der Waals surface area contributed by atoms with Crippen molar-refractivity contribution in [3.8, 4) is 0 Å². The summed E-state index contributed by atoms with van der Waals surface area (Å²) in [6.07, 6.45) is 4.64. The van der Waals surface area contributed by atoms with Crippen LogP contribution in [0.15, 0.2) is 18.5 Å². The fourth-order valence-corrected chi connectivity index (χ4v) is 3.23. The van der Waals surface area contributed by atoms with Crippen molar-refractivity contribution < 1.29 is 8.42 Å². The normalized spacial score (nSPS) is 11.9. The van der Waals surface area contributed by atoms with Crippen LogP contribution in [0.3, 0.4) is 0 Å². The number of pyridine rings is 1. The maximum atomic E-state index is 11.0. The van der Waals surface area contributed by atoms with E-state index in [2.05, 4.69) is 9.71 Å². The van der Waals surface area contributed by atoms with Gasteiger partial charge >= 0.3 is 0 Å². The molecule has 6 heteroatoms. The molecule has 2 rings (SSSR count). The molecule has 2 heterocycles. The number of anilines is 1. The first-order valence-corrected chi connectivity index (χ1v) is 6.98. The first-order valence-electron chi connectivity index (χ1n) is 4.28. The van der Waals surface area contributed by atoms with E-state index in [9.17, 15) is 8.42 Å². The lowest BCUT2D eigenvalue weighted by Gasteiger charge is -1.96. The van der Waals surface area contributed by atoms with Crippen LogP contribution in [0.2, 0.25) is 0 Å². The molecule has 0 aliphatic heterocycles. The molecule has 0 saturated carbocycles. The van der Waals surface area contributed by atoms with E-state index in [0.717, 1.165) is 21.9 Å². The van der Waals surface area contributed by atoms with Gasteiger partial charge in [0.15, 0.2) is 0 Å². The van der Waals surface area contributed by atoms with Gasteiger partial charge in [-0.3, -0.25) is 9.71 Å². The smallest absolute Gasteiger partial charge is 0.230 e. The summed E-state index contributed by atoms with van der Waals surface area (Å²) in [6, 6.07) is 1.83. The van der Waals surface area contributed by atoms with Gasteiger partial charge in [0.2, 0.25) is 10.0 Å². The van der Waals surface area contributed by atoms with Crippen LogP contribution in [0.1, 0.15) is 5.56 Å². The van der Waals surface area contributed by atoms with Gasteiger partial charge in [0.05, 0.1) is 11.0 Å². The molecule has 0 fully saturated rings. The second-order valence-electron chi connectivity index (χ2n) is 3.35. The van der Waals surface area contributed by atoms with Crippen LogP contribution in [0.25, 0.3) is 10.1 Å². The highest BCUT2D eigenvalue weighted by molar-refractivity contribution is 7.92. The van der Waals surface area contributed by atoms with E-state index < -0.39 is 10.0 Å². The molecule has 80 valence electrons. The molecule has 0 aromatic carbocycles. The average molecular weight is 242 g/mol. The number of rotatable bonds is 2. The molecular weight excluding hydrogens is 232 g/mol. The Morgan fingerprint density at radius 3 is 2.73 bits per heavy atom. The predicted molar refractivity (Wildman–Crippen MR) is 62.8 cm³/mol. The Morgan fingerprint density at radius 1 is 1.40 bits per heavy atom. The number of nitrogens with zero attached hydrogens (tertiary/aromatic N) is 1. The first kappa shape index (κ1) is 10.4. The van der Waals surface area contributed by atoms with Gasteiger partial charge in [-0.25, -0.2) is 8.42 Å². The lowest BCUT2D eigenvalue weighted by Crippen LogP contribution is -2.07. The van der Waals surface area contributed by atoms with Crippen LogP contribution in [0.5, 0.6) is 0 Å². The van der Waals surface area contributed by atoms with E-state index in [-0.39, 0.29) is 0 Å². The Balaban J connectivity index is 2.53. The second-order valence-corrected chi connectivity index (χ2v) is 6.19. The average Bonchev–Trinajstić information content (AvgIpc) is 2.45. The third-order valence-electron chi connectivity index (χ3n) is 1.93. The summed E-state index contributed by atoms with van der Waals surface area (Å²) in [5.41, 5.74) is 1.05. The van der Waals surface area contributed by atoms with Crippen molar-refractivity contribution in [3.63, 3.8) is 0 Å². The van der Waals surface area contributed by atoms with Gasteiger partial charge in [-0.05, 0) is 18.6 Å². The molecule has 1 N–H and O–H groups in total. The number of aryl methyl sites for hydroxylation is 1. The lowest BCUT2D eigenvalue weighted by molar-refractivity contribution is 0.607. The molecule has 15 heavy (non-hydrogen) atoms. The predicted octanol–water partition coefficient (Wildman–Crippen LogP) is 1.98. The second kappa shape index (κ2) is 3.46. The van der Waals surface area contributed by atoms with Crippen molar-refractivity contribution in [2.45, 2.75) is 6.92 Å². The Hall–Kier alpha value is -1.14. The number of nitrogens with one attached hydrogen (secondary N) is 1.